The summed E-state index contributed by atoms with van der Waals surface area (Å²) in [5, 5.41) is 9.26. The molecule has 2 aromatic rings. The number of pyridine rings is 2. The molecular weight excluding hydrogens is 321 g/mol. The summed E-state index contributed by atoms with van der Waals surface area (Å²) in [5.74, 6) is -1.31. The Kier molecular flexibility index (Phi) is 4.83. The molecule has 124 valence electrons. The highest BCUT2D eigenvalue weighted by atomic mass is 19.4. The Balaban J connectivity index is 2.33. The van der Waals surface area contributed by atoms with E-state index in [1.165, 1.54) is 18.3 Å². The van der Waals surface area contributed by atoms with Gasteiger partial charge in [-0.3, -0.25) is 9.78 Å². The van der Waals surface area contributed by atoms with Gasteiger partial charge in [-0.15, -0.1) is 0 Å². The molecule has 8 heteroatoms. The largest absolute Gasteiger partial charge is 0.417 e. The minimum Gasteiger partial charge on any atom is -0.363 e. The average molecular weight is 334 g/mol. The van der Waals surface area contributed by atoms with E-state index in [9.17, 15) is 23.2 Å². The number of ketones is 1. The van der Waals surface area contributed by atoms with Crippen molar-refractivity contribution in [3.63, 3.8) is 0 Å². The molecule has 0 radical (unpaired) electrons. The number of alkyl halides is 3. The molecule has 24 heavy (non-hydrogen) atoms. The number of aromatic nitrogens is 2. The number of hydrogen-bond donors (Lipinski definition) is 0. The van der Waals surface area contributed by atoms with Crippen LogP contribution in [0.3, 0.4) is 0 Å². The monoisotopic (exact) mass is 334 g/mol. The number of nitrogens with zero attached hydrogens (tertiary/aromatic N) is 4. The van der Waals surface area contributed by atoms with Crippen LogP contribution >= 0.6 is 0 Å². The Bertz CT molecular complexity index is 779. The van der Waals surface area contributed by atoms with Gasteiger partial charge in [0.1, 0.15) is 5.82 Å². The Labute approximate surface area is 136 Å². The molecule has 1 unspecified atom stereocenters. The molecule has 2 aromatic heterocycles. The minimum atomic E-state index is -4.52. The van der Waals surface area contributed by atoms with E-state index in [2.05, 4.69) is 9.97 Å². The van der Waals surface area contributed by atoms with Gasteiger partial charge in [0.05, 0.1) is 17.3 Å². The second kappa shape index (κ2) is 6.66. The van der Waals surface area contributed by atoms with Crippen molar-refractivity contribution < 1.29 is 18.0 Å². The molecule has 0 N–H and O–H groups in total. The van der Waals surface area contributed by atoms with Crippen LogP contribution in [0.15, 0.2) is 36.7 Å². The second-order valence-electron chi connectivity index (χ2n) is 5.19. The van der Waals surface area contributed by atoms with Gasteiger partial charge in [0.25, 0.3) is 0 Å². The second-order valence-corrected chi connectivity index (χ2v) is 5.19. The Morgan fingerprint density at radius 3 is 2.46 bits per heavy atom. The predicted octanol–water partition coefficient (Wildman–Crippen LogP) is 3.05. The van der Waals surface area contributed by atoms with Gasteiger partial charge in [0.15, 0.2) is 11.7 Å². The topological polar surface area (TPSA) is 69.9 Å². The predicted molar refractivity (Wildman–Crippen MR) is 80.5 cm³/mol. The molecule has 0 aliphatic heterocycles. The van der Waals surface area contributed by atoms with Crippen LogP contribution in [-0.4, -0.2) is 29.8 Å². The third-order valence-corrected chi connectivity index (χ3v) is 3.29. The first-order chi connectivity index (χ1) is 11.2. The first kappa shape index (κ1) is 17.4. The fraction of sp³-hybridized carbons (Fsp3) is 0.250. The van der Waals surface area contributed by atoms with E-state index in [0.717, 1.165) is 12.1 Å². The number of carbonyl (C=O) groups is 1. The molecule has 0 aromatic carbocycles. The highest BCUT2D eigenvalue weighted by Crippen LogP contribution is 2.29. The smallest absolute Gasteiger partial charge is 0.363 e. The number of rotatable bonds is 4. The molecule has 0 aliphatic carbocycles. The number of halogens is 3. The van der Waals surface area contributed by atoms with Gasteiger partial charge in [0.2, 0.25) is 0 Å². The highest BCUT2D eigenvalue weighted by molar-refractivity contribution is 6.02. The maximum Gasteiger partial charge on any atom is 0.417 e. The molecule has 0 saturated heterocycles. The van der Waals surface area contributed by atoms with E-state index in [1.807, 2.05) is 0 Å². The highest BCUT2D eigenvalue weighted by Gasteiger charge is 2.31. The number of Topliss-reactive ketones (excluding diaryl/α,β-unsaturated/α-hetero) is 1. The summed E-state index contributed by atoms with van der Waals surface area (Å²) >= 11 is 0. The number of nitriles is 1. The Morgan fingerprint density at radius 2 is 1.96 bits per heavy atom. The third kappa shape index (κ3) is 3.68. The first-order valence-corrected chi connectivity index (χ1v) is 6.84. The van der Waals surface area contributed by atoms with E-state index in [0.29, 0.717) is 12.0 Å². The van der Waals surface area contributed by atoms with Gasteiger partial charge in [0, 0.05) is 32.1 Å². The Hall–Kier alpha value is -2.95. The summed E-state index contributed by atoms with van der Waals surface area (Å²) in [5.41, 5.74) is -0.727. The van der Waals surface area contributed by atoms with Crippen LogP contribution < -0.4 is 4.90 Å². The van der Waals surface area contributed by atoms with Gasteiger partial charge in [-0.25, -0.2) is 4.98 Å². The molecule has 2 rings (SSSR count). The molecule has 0 aliphatic rings. The normalized spacial score (nSPS) is 12.3. The van der Waals surface area contributed by atoms with Crippen molar-refractivity contribution >= 4 is 11.6 Å². The lowest BCUT2D eigenvalue weighted by atomic mass is 9.95. The molecule has 0 spiro atoms. The van der Waals surface area contributed by atoms with Gasteiger partial charge in [-0.05, 0) is 24.3 Å². The van der Waals surface area contributed by atoms with Crippen molar-refractivity contribution in [2.24, 2.45) is 0 Å². The van der Waals surface area contributed by atoms with Gasteiger partial charge in [-0.2, -0.15) is 18.4 Å². The van der Waals surface area contributed by atoms with E-state index in [4.69, 9.17) is 0 Å². The fourth-order valence-corrected chi connectivity index (χ4v) is 1.99. The van der Waals surface area contributed by atoms with Crippen molar-refractivity contribution in [3.8, 4) is 6.07 Å². The molecule has 0 amide bonds. The van der Waals surface area contributed by atoms with Crippen molar-refractivity contribution in [1.82, 2.24) is 9.97 Å². The number of hydrogen-bond acceptors (Lipinski definition) is 5. The van der Waals surface area contributed by atoms with Crippen LogP contribution in [0.4, 0.5) is 19.0 Å². The minimum absolute atomic E-state index is 0.0290. The van der Waals surface area contributed by atoms with Gasteiger partial charge < -0.3 is 4.90 Å². The average Bonchev–Trinajstić information content (AvgIpc) is 2.55. The van der Waals surface area contributed by atoms with Crippen LogP contribution in [0.25, 0.3) is 0 Å². The quantitative estimate of drug-likeness (QED) is 0.804. The zero-order valence-electron chi connectivity index (χ0n) is 12.9. The summed E-state index contributed by atoms with van der Waals surface area (Å²) in [6.07, 6.45) is -2.48. The maximum absolute atomic E-state index is 12.6. The zero-order chi connectivity index (χ0) is 17.9. The van der Waals surface area contributed by atoms with Gasteiger partial charge >= 0.3 is 6.18 Å². The van der Waals surface area contributed by atoms with Crippen LogP contribution in [-0.2, 0) is 6.18 Å². The van der Waals surface area contributed by atoms with Crippen LogP contribution in [0.1, 0.15) is 27.5 Å². The van der Waals surface area contributed by atoms with E-state index in [1.54, 1.807) is 25.1 Å². The molecule has 5 nitrogen and oxygen atoms in total. The molecule has 0 bridgehead atoms. The van der Waals surface area contributed by atoms with Crippen molar-refractivity contribution in [2.45, 2.75) is 12.1 Å². The van der Waals surface area contributed by atoms with E-state index >= 15 is 0 Å². The number of carbonyl (C=O) groups excluding carboxylic acids is 1. The van der Waals surface area contributed by atoms with Crippen LogP contribution in [0, 0.1) is 11.3 Å². The fourth-order valence-electron chi connectivity index (χ4n) is 1.99. The van der Waals surface area contributed by atoms with Crippen molar-refractivity contribution in [2.75, 3.05) is 19.0 Å². The van der Waals surface area contributed by atoms with Crippen LogP contribution in [0.5, 0.6) is 0 Å². The van der Waals surface area contributed by atoms with Crippen LogP contribution in [0.2, 0.25) is 0 Å². The molecule has 0 fully saturated rings. The van der Waals surface area contributed by atoms with Gasteiger partial charge in [-0.1, -0.05) is 0 Å². The van der Waals surface area contributed by atoms with E-state index < -0.39 is 23.4 Å². The molecule has 2 heterocycles. The summed E-state index contributed by atoms with van der Waals surface area (Å²) in [6.45, 7) is 0. The lowest BCUT2D eigenvalue weighted by molar-refractivity contribution is -0.137. The summed E-state index contributed by atoms with van der Waals surface area (Å²) < 4.78 is 37.7. The molecule has 0 saturated carbocycles. The number of anilines is 1. The lowest BCUT2D eigenvalue weighted by Crippen LogP contribution is -2.16. The molecular formula is C16H13F3N4O. The SMILES string of the molecule is CN(C)c1cc(C(=O)C(C#N)c2ccc(C(F)(F)F)cn2)ccn1. The van der Waals surface area contributed by atoms with Crippen molar-refractivity contribution in [3.05, 3.63) is 53.5 Å². The first-order valence-electron chi connectivity index (χ1n) is 6.84. The Morgan fingerprint density at radius 1 is 1.25 bits per heavy atom. The lowest BCUT2D eigenvalue weighted by Gasteiger charge is -2.13. The van der Waals surface area contributed by atoms with E-state index in [-0.39, 0.29) is 11.3 Å². The summed E-state index contributed by atoms with van der Waals surface area (Å²) in [4.78, 5) is 21.9. The standard InChI is InChI=1S/C16H13F3N4O/c1-23(2)14-7-10(5-6-21-14)15(24)12(8-20)13-4-3-11(9-22-13)16(17,18)19/h3-7,9,12H,1-2H3. The maximum atomic E-state index is 12.6. The van der Waals surface area contributed by atoms with Crippen molar-refractivity contribution in [1.29, 1.82) is 5.26 Å². The summed E-state index contributed by atoms with van der Waals surface area (Å²) in [7, 11) is 3.49. The zero-order valence-corrected chi connectivity index (χ0v) is 12.9. The summed E-state index contributed by atoms with van der Waals surface area (Å²) in [6, 6.07) is 6.60. The third-order valence-electron chi connectivity index (χ3n) is 3.29. The molecule has 1 atom stereocenters.